The Kier molecular flexibility index (Phi) is 5.18. The number of rotatable bonds is 3. The van der Waals surface area contributed by atoms with Crippen LogP contribution in [0.15, 0.2) is 24.5 Å². The Labute approximate surface area is 139 Å². The van der Waals surface area contributed by atoms with Crippen LogP contribution < -0.4 is 5.32 Å². The smallest absolute Gasteiger partial charge is 0.408 e. The van der Waals surface area contributed by atoms with Gasteiger partial charge >= 0.3 is 6.09 Å². The summed E-state index contributed by atoms with van der Waals surface area (Å²) in [5, 5.41) is 23.8. The summed E-state index contributed by atoms with van der Waals surface area (Å²) in [6.07, 6.45) is 3.74. The summed E-state index contributed by atoms with van der Waals surface area (Å²) in [7, 11) is 0. The molecule has 8 heteroatoms. The van der Waals surface area contributed by atoms with Gasteiger partial charge in [-0.2, -0.15) is 0 Å². The Morgan fingerprint density at radius 1 is 1.50 bits per heavy atom. The molecule has 1 aromatic heterocycles. The van der Waals surface area contributed by atoms with Crippen molar-refractivity contribution in [1.29, 1.82) is 0 Å². The highest BCUT2D eigenvalue weighted by molar-refractivity contribution is 5.75. The van der Waals surface area contributed by atoms with Gasteiger partial charge in [0.25, 0.3) is 5.69 Å². The highest BCUT2D eigenvalue weighted by Gasteiger charge is 2.29. The molecule has 1 amide bonds. The zero-order valence-electron chi connectivity index (χ0n) is 13.9. The van der Waals surface area contributed by atoms with Gasteiger partial charge in [-0.3, -0.25) is 15.1 Å². The highest BCUT2D eigenvalue weighted by Crippen LogP contribution is 2.32. The zero-order chi connectivity index (χ0) is 17.9. The Bertz CT molecular complexity index is 666. The maximum atomic E-state index is 11.9. The average Bonchev–Trinajstić information content (AvgIpc) is 2.47. The molecule has 0 spiro atoms. The molecule has 24 heavy (non-hydrogen) atoms. The molecule has 1 aromatic rings. The molecule has 0 radical (unpaired) electrons. The van der Waals surface area contributed by atoms with Crippen LogP contribution >= 0.6 is 0 Å². The summed E-state index contributed by atoms with van der Waals surface area (Å²) in [4.78, 5) is 26.3. The van der Waals surface area contributed by atoms with Gasteiger partial charge in [-0.25, -0.2) is 4.79 Å². The predicted octanol–water partition coefficient (Wildman–Crippen LogP) is 2.42. The molecular weight excluding hydrogens is 314 g/mol. The standard InChI is InChI=1S/C16H21N3O5/c1-16(2,3)24-15(21)18-12-8-10(4-5-14(12)20)11-6-7-17-9-13(11)19(22)23/h6-9,12,14,20H,4-5H2,1-3H3,(H,18,21)/t12-,14-/m1/s1. The molecule has 0 bridgehead atoms. The van der Waals surface area contributed by atoms with Gasteiger partial charge < -0.3 is 15.2 Å². The molecule has 1 aliphatic carbocycles. The van der Waals surface area contributed by atoms with Crippen molar-refractivity contribution in [2.75, 3.05) is 0 Å². The number of nitrogens with zero attached hydrogens (tertiary/aromatic N) is 2. The van der Waals surface area contributed by atoms with Crippen molar-refractivity contribution in [3.05, 3.63) is 40.2 Å². The lowest BCUT2D eigenvalue weighted by Gasteiger charge is -2.28. The second-order valence-electron chi connectivity index (χ2n) is 6.62. The van der Waals surface area contributed by atoms with Crippen molar-refractivity contribution < 1.29 is 19.6 Å². The third-order valence-corrected chi connectivity index (χ3v) is 3.53. The Morgan fingerprint density at radius 3 is 2.83 bits per heavy atom. The van der Waals surface area contributed by atoms with Crippen molar-refractivity contribution in [2.45, 2.75) is 51.4 Å². The first-order valence-electron chi connectivity index (χ1n) is 7.64. The monoisotopic (exact) mass is 335 g/mol. The fraction of sp³-hybridized carbons (Fsp3) is 0.500. The van der Waals surface area contributed by atoms with Crippen LogP contribution in [0.3, 0.4) is 0 Å². The summed E-state index contributed by atoms with van der Waals surface area (Å²) in [5.74, 6) is 0. The predicted molar refractivity (Wildman–Crippen MR) is 87.3 cm³/mol. The first-order valence-corrected chi connectivity index (χ1v) is 7.64. The first kappa shape index (κ1) is 17.9. The van der Waals surface area contributed by atoms with Crippen molar-refractivity contribution in [1.82, 2.24) is 10.3 Å². The van der Waals surface area contributed by atoms with Crippen LogP contribution in [0, 0.1) is 10.1 Å². The van der Waals surface area contributed by atoms with Gasteiger partial charge in [-0.05, 0) is 45.3 Å². The molecule has 0 aromatic carbocycles. The number of aliphatic hydroxyl groups is 1. The van der Waals surface area contributed by atoms with Crippen molar-refractivity contribution in [3.8, 4) is 0 Å². The Balaban J connectivity index is 2.24. The van der Waals surface area contributed by atoms with Crippen LogP contribution in [0.25, 0.3) is 5.57 Å². The summed E-state index contributed by atoms with van der Waals surface area (Å²) < 4.78 is 5.18. The number of nitro groups is 1. The second-order valence-corrected chi connectivity index (χ2v) is 6.62. The maximum absolute atomic E-state index is 11.9. The van der Waals surface area contributed by atoms with Crippen LogP contribution in [0.2, 0.25) is 0 Å². The van der Waals surface area contributed by atoms with Crippen LogP contribution in [0.5, 0.6) is 0 Å². The molecule has 0 fully saturated rings. The van der Waals surface area contributed by atoms with Gasteiger partial charge in [0.15, 0.2) is 0 Å². The van der Waals surface area contributed by atoms with Crippen LogP contribution in [-0.2, 0) is 4.74 Å². The number of hydrogen-bond acceptors (Lipinski definition) is 6. The fourth-order valence-electron chi connectivity index (χ4n) is 2.50. The lowest BCUT2D eigenvalue weighted by atomic mass is 9.89. The van der Waals surface area contributed by atoms with Gasteiger partial charge in [-0.1, -0.05) is 6.08 Å². The number of ether oxygens (including phenoxy) is 1. The highest BCUT2D eigenvalue weighted by atomic mass is 16.6. The Morgan fingerprint density at radius 2 is 2.21 bits per heavy atom. The minimum absolute atomic E-state index is 0.101. The van der Waals surface area contributed by atoms with E-state index < -0.39 is 28.8 Å². The zero-order valence-corrected chi connectivity index (χ0v) is 13.9. The number of aromatic nitrogens is 1. The fourth-order valence-corrected chi connectivity index (χ4v) is 2.50. The number of hydrogen-bond donors (Lipinski definition) is 2. The number of carbonyl (C=O) groups excluding carboxylic acids is 1. The molecule has 1 heterocycles. The quantitative estimate of drug-likeness (QED) is 0.647. The summed E-state index contributed by atoms with van der Waals surface area (Å²) in [5.41, 5.74) is 0.379. The molecule has 1 aliphatic rings. The number of pyridine rings is 1. The van der Waals surface area contributed by atoms with E-state index in [0.29, 0.717) is 24.0 Å². The van der Waals surface area contributed by atoms with E-state index in [1.807, 2.05) is 0 Å². The molecule has 0 saturated heterocycles. The Hall–Kier alpha value is -2.48. The van der Waals surface area contributed by atoms with Gasteiger partial charge in [0, 0.05) is 6.20 Å². The lowest BCUT2D eigenvalue weighted by Crippen LogP contribution is -2.45. The second kappa shape index (κ2) is 6.96. The van der Waals surface area contributed by atoms with Crippen LogP contribution in [0.1, 0.15) is 39.2 Å². The van der Waals surface area contributed by atoms with Crippen molar-refractivity contribution in [3.63, 3.8) is 0 Å². The number of alkyl carbamates (subject to hydrolysis) is 1. The minimum atomic E-state index is -0.776. The molecule has 2 atom stereocenters. The molecule has 130 valence electrons. The van der Waals surface area contributed by atoms with Crippen LogP contribution in [-0.4, -0.2) is 38.9 Å². The van der Waals surface area contributed by atoms with E-state index in [0.717, 1.165) is 0 Å². The van der Waals surface area contributed by atoms with Crippen LogP contribution in [0.4, 0.5) is 10.5 Å². The summed E-state index contributed by atoms with van der Waals surface area (Å²) >= 11 is 0. The lowest BCUT2D eigenvalue weighted by molar-refractivity contribution is -0.385. The normalized spacial score (nSPS) is 20.9. The topological polar surface area (TPSA) is 115 Å². The molecular formula is C16H21N3O5. The molecule has 2 rings (SSSR count). The number of carbonyl (C=O) groups is 1. The van der Waals surface area contributed by atoms with E-state index in [-0.39, 0.29) is 5.69 Å². The molecule has 0 aliphatic heterocycles. The largest absolute Gasteiger partial charge is 0.444 e. The van der Waals surface area contributed by atoms with E-state index in [1.165, 1.54) is 12.4 Å². The van der Waals surface area contributed by atoms with Gasteiger partial charge in [0.05, 0.1) is 22.6 Å². The summed E-state index contributed by atoms with van der Waals surface area (Å²) in [6.45, 7) is 5.22. The third-order valence-electron chi connectivity index (χ3n) is 3.53. The van der Waals surface area contributed by atoms with Gasteiger partial charge in [0.2, 0.25) is 0 Å². The van der Waals surface area contributed by atoms with E-state index >= 15 is 0 Å². The van der Waals surface area contributed by atoms with E-state index in [2.05, 4.69) is 10.3 Å². The van der Waals surface area contributed by atoms with Gasteiger partial charge in [-0.15, -0.1) is 0 Å². The van der Waals surface area contributed by atoms with E-state index in [9.17, 15) is 20.0 Å². The number of amides is 1. The van der Waals surface area contributed by atoms with Crippen molar-refractivity contribution >= 4 is 17.4 Å². The molecule has 0 unspecified atom stereocenters. The maximum Gasteiger partial charge on any atom is 0.408 e. The van der Waals surface area contributed by atoms with Gasteiger partial charge in [0.1, 0.15) is 11.8 Å². The molecule has 8 nitrogen and oxygen atoms in total. The molecule has 0 saturated carbocycles. The molecule has 2 N–H and O–H groups in total. The third kappa shape index (κ3) is 4.51. The average molecular weight is 335 g/mol. The SMILES string of the molecule is CC(C)(C)OC(=O)N[C@@H]1C=C(c2ccncc2[N+](=O)[O-])CC[C@H]1O. The minimum Gasteiger partial charge on any atom is -0.444 e. The summed E-state index contributed by atoms with van der Waals surface area (Å²) in [6, 6.07) is 0.892. The first-order chi connectivity index (χ1) is 11.2. The number of allylic oxidation sites excluding steroid dienone is 1. The van der Waals surface area contributed by atoms with E-state index in [4.69, 9.17) is 4.74 Å². The van der Waals surface area contributed by atoms with Crippen molar-refractivity contribution in [2.24, 2.45) is 0 Å². The van der Waals surface area contributed by atoms with E-state index in [1.54, 1.807) is 32.9 Å². The number of nitrogens with one attached hydrogen (secondary N) is 1. The number of aliphatic hydroxyl groups excluding tert-OH is 1.